The molecule has 0 spiro atoms. The number of benzene rings is 2. The third-order valence-electron chi connectivity index (χ3n) is 3.52. The molecule has 0 aliphatic carbocycles. The van der Waals surface area contributed by atoms with Crippen LogP contribution < -0.4 is 5.32 Å². The first kappa shape index (κ1) is 14.8. The average Bonchev–Trinajstić information content (AvgIpc) is 2.95. The van der Waals surface area contributed by atoms with Crippen molar-refractivity contribution in [3.05, 3.63) is 72.2 Å². The Bertz CT molecular complexity index is 811. The highest BCUT2D eigenvalue weighted by Crippen LogP contribution is 2.27. The average molecular weight is 307 g/mol. The summed E-state index contributed by atoms with van der Waals surface area (Å²) in [5.74, 6) is 0.117. The van der Waals surface area contributed by atoms with Crippen LogP contribution in [0, 0.1) is 0 Å². The molecule has 0 aliphatic rings. The Kier molecular flexibility index (Phi) is 4.10. The van der Waals surface area contributed by atoms with E-state index < -0.39 is 5.97 Å². The third-order valence-corrected chi connectivity index (χ3v) is 3.52. The molecule has 0 bridgehead atoms. The normalized spacial score (nSPS) is 10.5. The Morgan fingerprint density at radius 3 is 2.26 bits per heavy atom. The van der Waals surface area contributed by atoms with Crippen LogP contribution in [0.2, 0.25) is 0 Å². The highest BCUT2D eigenvalue weighted by atomic mass is 16.4. The van der Waals surface area contributed by atoms with Gasteiger partial charge in [0.25, 0.3) is 0 Å². The molecule has 5 nitrogen and oxygen atoms in total. The van der Waals surface area contributed by atoms with Gasteiger partial charge in [-0.2, -0.15) is 0 Å². The molecule has 1 aromatic heterocycles. The van der Waals surface area contributed by atoms with E-state index in [-0.39, 0.29) is 5.69 Å². The van der Waals surface area contributed by atoms with Crippen molar-refractivity contribution >= 4 is 17.5 Å². The van der Waals surface area contributed by atoms with Crippen molar-refractivity contribution in [2.45, 2.75) is 13.3 Å². The van der Waals surface area contributed by atoms with Crippen LogP contribution in [0.3, 0.4) is 0 Å². The van der Waals surface area contributed by atoms with Gasteiger partial charge in [-0.1, -0.05) is 43.3 Å². The molecule has 0 saturated heterocycles. The summed E-state index contributed by atoms with van der Waals surface area (Å²) in [7, 11) is 0. The zero-order chi connectivity index (χ0) is 16.2. The molecule has 3 rings (SSSR count). The standard InChI is InChI=1S/C18H17N3O2/c1-2-15-20-16(18(22)23)17(19-13-9-5-3-6-10-13)21(15)14-11-7-4-8-12-14/h3-12,19H,2H2,1H3,(H,22,23). The molecule has 3 aromatic rings. The number of carbonyl (C=O) groups is 1. The number of imidazole rings is 1. The number of carboxylic acids is 1. The molecule has 116 valence electrons. The lowest BCUT2D eigenvalue weighted by molar-refractivity contribution is 0.0692. The van der Waals surface area contributed by atoms with E-state index in [1.807, 2.05) is 72.2 Å². The molecular formula is C18H17N3O2. The minimum atomic E-state index is -1.05. The molecule has 2 aromatic carbocycles. The summed E-state index contributed by atoms with van der Waals surface area (Å²) in [5, 5.41) is 12.7. The molecule has 0 radical (unpaired) electrons. The van der Waals surface area contributed by atoms with Crippen molar-refractivity contribution in [2.75, 3.05) is 5.32 Å². The first-order valence-corrected chi connectivity index (χ1v) is 7.43. The predicted octanol–water partition coefficient (Wildman–Crippen LogP) is 3.88. The van der Waals surface area contributed by atoms with Crippen LogP contribution in [0.15, 0.2) is 60.7 Å². The summed E-state index contributed by atoms with van der Waals surface area (Å²) in [4.78, 5) is 15.9. The van der Waals surface area contributed by atoms with Gasteiger partial charge in [0.05, 0.1) is 0 Å². The molecule has 0 amide bonds. The van der Waals surface area contributed by atoms with Gasteiger partial charge in [-0.3, -0.25) is 4.57 Å². The maximum Gasteiger partial charge on any atom is 0.358 e. The first-order chi connectivity index (χ1) is 11.2. The number of carboxylic acid groups (broad SMARTS) is 1. The number of hydrogen-bond acceptors (Lipinski definition) is 3. The second-order valence-corrected chi connectivity index (χ2v) is 5.05. The number of aromatic carboxylic acids is 1. The molecular weight excluding hydrogens is 290 g/mol. The number of nitrogens with one attached hydrogen (secondary N) is 1. The molecule has 0 fully saturated rings. The smallest absolute Gasteiger partial charge is 0.358 e. The lowest BCUT2D eigenvalue weighted by Crippen LogP contribution is -2.07. The number of nitrogens with zero attached hydrogens (tertiary/aromatic N) is 2. The highest BCUT2D eigenvalue weighted by Gasteiger charge is 2.22. The highest BCUT2D eigenvalue weighted by molar-refractivity contribution is 5.92. The van der Waals surface area contributed by atoms with Crippen molar-refractivity contribution in [1.82, 2.24) is 9.55 Å². The number of rotatable bonds is 5. The van der Waals surface area contributed by atoms with Crippen LogP contribution in [0.1, 0.15) is 23.2 Å². The van der Waals surface area contributed by atoms with Crippen LogP contribution >= 0.6 is 0 Å². The van der Waals surface area contributed by atoms with E-state index in [9.17, 15) is 9.90 Å². The number of aryl methyl sites for hydroxylation is 1. The maximum absolute atomic E-state index is 11.6. The van der Waals surface area contributed by atoms with Crippen molar-refractivity contribution in [2.24, 2.45) is 0 Å². The number of anilines is 2. The Hall–Kier alpha value is -3.08. The minimum Gasteiger partial charge on any atom is -0.476 e. The van der Waals surface area contributed by atoms with E-state index in [0.717, 1.165) is 11.4 Å². The summed E-state index contributed by atoms with van der Waals surface area (Å²) in [6.07, 6.45) is 0.631. The van der Waals surface area contributed by atoms with Crippen LogP contribution in [0.25, 0.3) is 5.69 Å². The van der Waals surface area contributed by atoms with Crippen molar-refractivity contribution in [3.63, 3.8) is 0 Å². The summed E-state index contributed by atoms with van der Waals surface area (Å²) < 4.78 is 1.86. The van der Waals surface area contributed by atoms with Gasteiger partial charge in [-0.05, 0) is 24.3 Å². The maximum atomic E-state index is 11.6. The summed E-state index contributed by atoms with van der Waals surface area (Å²) in [5.41, 5.74) is 1.71. The SMILES string of the molecule is CCc1nc(C(=O)O)c(Nc2ccccc2)n1-c1ccccc1. The summed E-state index contributed by atoms with van der Waals surface area (Å²) in [6, 6.07) is 19.1. The second-order valence-electron chi connectivity index (χ2n) is 5.05. The van der Waals surface area contributed by atoms with E-state index >= 15 is 0 Å². The number of aromatic nitrogens is 2. The molecule has 5 heteroatoms. The van der Waals surface area contributed by atoms with E-state index in [1.165, 1.54) is 0 Å². The third kappa shape index (κ3) is 2.94. The molecule has 1 heterocycles. The van der Waals surface area contributed by atoms with Gasteiger partial charge < -0.3 is 10.4 Å². The quantitative estimate of drug-likeness (QED) is 0.750. The fourth-order valence-electron chi connectivity index (χ4n) is 2.48. The van der Waals surface area contributed by atoms with Crippen LogP contribution in [-0.4, -0.2) is 20.6 Å². The van der Waals surface area contributed by atoms with E-state index in [0.29, 0.717) is 18.1 Å². The largest absolute Gasteiger partial charge is 0.476 e. The zero-order valence-electron chi connectivity index (χ0n) is 12.7. The molecule has 23 heavy (non-hydrogen) atoms. The molecule has 0 aliphatic heterocycles. The monoisotopic (exact) mass is 307 g/mol. The zero-order valence-corrected chi connectivity index (χ0v) is 12.7. The van der Waals surface area contributed by atoms with Crippen LogP contribution in [-0.2, 0) is 6.42 Å². The van der Waals surface area contributed by atoms with Crippen LogP contribution in [0.5, 0.6) is 0 Å². The van der Waals surface area contributed by atoms with Gasteiger partial charge >= 0.3 is 5.97 Å². The molecule has 0 saturated carbocycles. The second kappa shape index (κ2) is 6.36. The van der Waals surface area contributed by atoms with Gasteiger partial charge in [0.1, 0.15) is 5.82 Å². The van der Waals surface area contributed by atoms with Crippen LogP contribution in [0.4, 0.5) is 11.5 Å². The Morgan fingerprint density at radius 1 is 1.09 bits per heavy atom. The van der Waals surface area contributed by atoms with Gasteiger partial charge in [0.2, 0.25) is 0 Å². The topological polar surface area (TPSA) is 67.2 Å². The Balaban J connectivity index is 2.18. The first-order valence-electron chi connectivity index (χ1n) is 7.43. The number of para-hydroxylation sites is 2. The molecule has 0 atom stereocenters. The van der Waals surface area contributed by atoms with Gasteiger partial charge in [0.15, 0.2) is 11.5 Å². The van der Waals surface area contributed by atoms with E-state index in [1.54, 1.807) is 0 Å². The summed E-state index contributed by atoms with van der Waals surface area (Å²) >= 11 is 0. The Morgan fingerprint density at radius 2 is 1.70 bits per heavy atom. The van der Waals surface area contributed by atoms with E-state index in [4.69, 9.17) is 0 Å². The fraction of sp³-hybridized carbons (Fsp3) is 0.111. The fourth-order valence-corrected chi connectivity index (χ4v) is 2.48. The predicted molar refractivity (Wildman–Crippen MR) is 89.6 cm³/mol. The molecule has 2 N–H and O–H groups in total. The molecule has 0 unspecified atom stereocenters. The lowest BCUT2D eigenvalue weighted by Gasteiger charge is -2.13. The van der Waals surface area contributed by atoms with E-state index in [2.05, 4.69) is 10.3 Å². The van der Waals surface area contributed by atoms with Gasteiger partial charge in [-0.15, -0.1) is 0 Å². The minimum absolute atomic E-state index is 0.0227. The lowest BCUT2D eigenvalue weighted by atomic mass is 10.3. The van der Waals surface area contributed by atoms with Gasteiger partial charge in [-0.25, -0.2) is 9.78 Å². The summed E-state index contributed by atoms with van der Waals surface area (Å²) in [6.45, 7) is 1.96. The van der Waals surface area contributed by atoms with Crippen molar-refractivity contribution in [1.29, 1.82) is 0 Å². The Labute approximate surface area is 134 Å². The number of hydrogen-bond donors (Lipinski definition) is 2. The van der Waals surface area contributed by atoms with Gasteiger partial charge in [0, 0.05) is 17.8 Å². The van der Waals surface area contributed by atoms with Crippen molar-refractivity contribution in [3.8, 4) is 5.69 Å². The van der Waals surface area contributed by atoms with Crippen molar-refractivity contribution < 1.29 is 9.90 Å².